The number of amides is 1. The zero-order valence-corrected chi connectivity index (χ0v) is 11.9. The quantitative estimate of drug-likeness (QED) is 0.387. The molecule has 0 unspecified atom stereocenters. The molecule has 1 aliphatic rings. The molecular formula is C14H18ClN3O2. The van der Waals surface area contributed by atoms with Gasteiger partial charge in [-0.2, -0.15) is 0 Å². The van der Waals surface area contributed by atoms with Gasteiger partial charge >= 0.3 is 0 Å². The molecule has 2 rings (SSSR count). The van der Waals surface area contributed by atoms with Crippen molar-refractivity contribution < 1.29 is 10.0 Å². The number of amidine groups is 1. The van der Waals surface area contributed by atoms with Gasteiger partial charge in [0.25, 0.3) is 0 Å². The molecule has 20 heavy (non-hydrogen) atoms. The van der Waals surface area contributed by atoms with Crippen LogP contribution in [0.2, 0.25) is 5.02 Å². The summed E-state index contributed by atoms with van der Waals surface area (Å²) in [6.07, 6.45) is 1.82. The molecule has 108 valence electrons. The summed E-state index contributed by atoms with van der Waals surface area (Å²) in [5.74, 6) is 0.410. The van der Waals surface area contributed by atoms with Crippen molar-refractivity contribution in [2.45, 2.75) is 19.3 Å². The van der Waals surface area contributed by atoms with E-state index in [0.29, 0.717) is 24.5 Å². The molecule has 3 N–H and O–H groups in total. The van der Waals surface area contributed by atoms with Crippen molar-refractivity contribution in [3.63, 3.8) is 0 Å². The Morgan fingerprint density at radius 1 is 1.45 bits per heavy atom. The van der Waals surface area contributed by atoms with E-state index < -0.39 is 0 Å². The number of nitrogens with zero attached hydrogens (tertiary/aromatic N) is 2. The molecular weight excluding hydrogens is 278 g/mol. The molecule has 0 spiro atoms. The van der Waals surface area contributed by atoms with Gasteiger partial charge in [-0.05, 0) is 30.5 Å². The van der Waals surface area contributed by atoms with Crippen LogP contribution in [0, 0.1) is 5.92 Å². The molecule has 6 heteroatoms. The van der Waals surface area contributed by atoms with Gasteiger partial charge in [0.1, 0.15) is 5.84 Å². The molecule has 5 nitrogen and oxygen atoms in total. The van der Waals surface area contributed by atoms with Crippen molar-refractivity contribution in [2.24, 2.45) is 16.8 Å². The Hall–Kier alpha value is -1.75. The Labute approximate surface area is 123 Å². The van der Waals surface area contributed by atoms with Crippen LogP contribution in [0.3, 0.4) is 0 Å². The van der Waals surface area contributed by atoms with Gasteiger partial charge < -0.3 is 15.8 Å². The molecule has 0 aliphatic carbocycles. The van der Waals surface area contributed by atoms with E-state index in [2.05, 4.69) is 5.16 Å². The fourth-order valence-electron chi connectivity index (χ4n) is 2.44. The normalized spacial score (nSPS) is 17.2. The first kappa shape index (κ1) is 14.7. The minimum atomic E-state index is 0.0650. The average molecular weight is 296 g/mol. The number of rotatable bonds is 3. The lowest BCUT2D eigenvalue weighted by Gasteiger charge is -2.31. The summed E-state index contributed by atoms with van der Waals surface area (Å²) < 4.78 is 0. The second-order valence-electron chi connectivity index (χ2n) is 4.99. The molecule has 1 aliphatic heterocycles. The highest BCUT2D eigenvalue weighted by Gasteiger charge is 2.25. The summed E-state index contributed by atoms with van der Waals surface area (Å²) in [6.45, 7) is 1.28. The minimum Gasteiger partial charge on any atom is -0.409 e. The van der Waals surface area contributed by atoms with Crippen molar-refractivity contribution in [3.05, 3.63) is 34.9 Å². The Bertz CT molecular complexity index is 511. The largest absolute Gasteiger partial charge is 0.409 e. The average Bonchev–Trinajstić information content (AvgIpc) is 2.46. The Morgan fingerprint density at radius 3 is 2.75 bits per heavy atom. The molecule has 1 saturated heterocycles. The van der Waals surface area contributed by atoms with Crippen LogP contribution in [0.4, 0.5) is 0 Å². The van der Waals surface area contributed by atoms with Crippen LogP contribution in [0.1, 0.15) is 18.4 Å². The van der Waals surface area contributed by atoms with Crippen LogP contribution in [0.15, 0.2) is 29.4 Å². The van der Waals surface area contributed by atoms with Gasteiger partial charge in [-0.15, -0.1) is 0 Å². The third-order valence-electron chi connectivity index (χ3n) is 3.63. The molecule has 1 aromatic rings. The number of carbonyl (C=O) groups is 1. The maximum absolute atomic E-state index is 12.2. The zero-order valence-electron chi connectivity index (χ0n) is 11.1. The fraction of sp³-hybridized carbons (Fsp3) is 0.429. The maximum Gasteiger partial charge on any atom is 0.226 e. The maximum atomic E-state index is 12.2. The molecule has 1 amide bonds. The highest BCUT2D eigenvalue weighted by Crippen LogP contribution is 2.19. The van der Waals surface area contributed by atoms with E-state index in [0.717, 1.165) is 18.4 Å². The van der Waals surface area contributed by atoms with Gasteiger partial charge in [-0.25, -0.2) is 0 Å². The Kier molecular flexibility index (Phi) is 4.84. The van der Waals surface area contributed by atoms with Crippen LogP contribution in [-0.4, -0.2) is 34.9 Å². The number of benzene rings is 1. The summed E-state index contributed by atoms with van der Waals surface area (Å²) in [5, 5.41) is 12.3. The fourth-order valence-corrected chi connectivity index (χ4v) is 2.65. The number of piperidine rings is 1. The van der Waals surface area contributed by atoms with Crippen LogP contribution in [0.25, 0.3) is 0 Å². The topological polar surface area (TPSA) is 78.9 Å². The molecule has 1 heterocycles. The van der Waals surface area contributed by atoms with Crippen molar-refractivity contribution in [3.8, 4) is 0 Å². The van der Waals surface area contributed by atoms with Gasteiger partial charge in [0.2, 0.25) is 5.91 Å². The number of hydrogen-bond acceptors (Lipinski definition) is 3. The van der Waals surface area contributed by atoms with Crippen LogP contribution in [-0.2, 0) is 11.2 Å². The summed E-state index contributed by atoms with van der Waals surface area (Å²) in [6, 6.07) is 7.34. The van der Waals surface area contributed by atoms with Gasteiger partial charge in [-0.3, -0.25) is 4.79 Å². The molecule has 0 aromatic heterocycles. The number of hydrogen-bond donors (Lipinski definition) is 2. The summed E-state index contributed by atoms with van der Waals surface area (Å²) in [7, 11) is 0. The number of oxime groups is 1. The van der Waals surface area contributed by atoms with E-state index in [-0.39, 0.29) is 17.7 Å². The second kappa shape index (κ2) is 6.61. The lowest BCUT2D eigenvalue weighted by atomic mass is 9.95. The van der Waals surface area contributed by atoms with Crippen LogP contribution < -0.4 is 5.73 Å². The SMILES string of the molecule is NC(=NO)C1CCN(C(=O)Cc2cccc(Cl)c2)CC1. The standard InChI is InChI=1S/C14H18ClN3O2/c15-12-3-1-2-10(8-12)9-13(19)18-6-4-11(5-7-18)14(16)17-20/h1-3,8,11,20H,4-7,9H2,(H2,16,17). The lowest BCUT2D eigenvalue weighted by Crippen LogP contribution is -2.42. The van der Waals surface area contributed by atoms with E-state index >= 15 is 0 Å². The molecule has 0 atom stereocenters. The van der Waals surface area contributed by atoms with Crippen molar-refractivity contribution in [1.82, 2.24) is 4.90 Å². The summed E-state index contributed by atoms with van der Waals surface area (Å²) >= 11 is 5.91. The van der Waals surface area contributed by atoms with E-state index in [1.807, 2.05) is 23.1 Å². The molecule has 0 saturated carbocycles. The second-order valence-corrected chi connectivity index (χ2v) is 5.42. The third-order valence-corrected chi connectivity index (χ3v) is 3.86. The zero-order chi connectivity index (χ0) is 14.5. The van der Waals surface area contributed by atoms with Crippen LogP contribution in [0.5, 0.6) is 0 Å². The molecule has 1 fully saturated rings. The summed E-state index contributed by atoms with van der Waals surface area (Å²) in [4.78, 5) is 14.0. The monoisotopic (exact) mass is 295 g/mol. The summed E-state index contributed by atoms with van der Waals surface area (Å²) in [5.41, 5.74) is 6.51. The molecule has 0 bridgehead atoms. The van der Waals surface area contributed by atoms with E-state index in [1.165, 1.54) is 0 Å². The van der Waals surface area contributed by atoms with Crippen molar-refractivity contribution >= 4 is 23.3 Å². The highest BCUT2D eigenvalue weighted by molar-refractivity contribution is 6.30. The Morgan fingerprint density at radius 2 is 2.15 bits per heavy atom. The van der Waals surface area contributed by atoms with Gasteiger partial charge in [0.15, 0.2) is 0 Å². The van der Waals surface area contributed by atoms with Gasteiger partial charge in [-0.1, -0.05) is 28.9 Å². The van der Waals surface area contributed by atoms with Gasteiger partial charge in [0.05, 0.1) is 6.42 Å². The predicted octanol–water partition coefficient (Wildman–Crippen LogP) is 1.87. The number of likely N-dealkylation sites (tertiary alicyclic amines) is 1. The lowest BCUT2D eigenvalue weighted by molar-refractivity contribution is -0.131. The molecule has 1 aromatic carbocycles. The predicted molar refractivity (Wildman–Crippen MR) is 77.9 cm³/mol. The van der Waals surface area contributed by atoms with Gasteiger partial charge in [0, 0.05) is 24.0 Å². The van der Waals surface area contributed by atoms with Crippen molar-refractivity contribution in [1.29, 1.82) is 0 Å². The first-order valence-corrected chi connectivity index (χ1v) is 6.97. The first-order valence-electron chi connectivity index (χ1n) is 6.60. The number of nitrogens with two attached hydrogens (primary N) is 1. The van der Waals surface area contributed by atoms with E-state index in [4.69, 9.17) is 22.5 Å². The van der Waals surface area contributed by atoms with Crippen LogP contribution >= 0.6 is 11.6 Å². The number of halogens is 1. The first-order chi connectivity index (χ1) is 9.60. The third kappa shape index (κ3) is 3.63. The van der Waals surface area contributed by atoms with Crippen molar-refractivity contribution in [2.75, 3.05) is 13.1 Å². The highest BCUT2D eigenvalue weighted by atomic mass is 35.5. The van der Waals surface area contributed by atoms with E-state index in [1.54, 1.807) is 6.07 Å². The smallest absolute Gasteiger partial charge is 0.226 e. The van der Waals surface area contributed by atoms with E-state index in [9.17, 15) is 4.79 Å². The molecule has 0 radical (unpaired) electrons. The Balaban J connectivity index is 1.89. The minimum absolute atomic E-state index is 0.0650. The number of carbonyl (C=O) groups excluding carboxylic acids is 1.